The SMILES string of the molecule is CCOc1cc(OC(C)=O)c(F)c(O[C@H]2CCOC2)c1Nc1ccc(C(=N)N)cc1.Cl. The summed E-state index contributed by atoms with van der Waals surface area (Å²) in [6, 6.07) is 8.05. The van der Waals surface area contributed by atoms with Gasteiger partial charge in [-0.1, -0.05) is 0 Å². The minimum atomic E-state index is -0.816. The van der Waals surface area contributed by atoms with Gasteiger partial charge in [-0.05, 0) is 31.2 Å². The van der Waals surface area contributed by atoms with Gasteiger partial charge < -0.3 is 30.0 Å². The van der Waals surface area contributed by atoms with Crippen LogP contribution in [0.3, 0.4) is 0 Å². The van der Waals surface area contributed by atoms with Crippen LogP contribution in [0, 0.1) is 11.2 Å². The van der Waals surface area contributed by atoms with Crippen molar-refractivity contribution in [2.45, 2.75) is 26.4 Å². The van der Waals surface area contributed by atoms with Gasteiger partial charge >= 0.3 is 5.97 Å². The van der Waals surface area contributed by atoms with Crippen molar-refractivity contribution in [1.82, 2.24) is 0 Å². The van der Waals surface area contributed by atoms with Gasteiger partial charge in [0, 0.05) is 30.7 Å². The largest absolute Gasteiger partial charge is 0.491 e. The Bertz CT molecular complexity index is 934. The number of anilines is 2. The minimum Gasteiger partial charge on any atom is -0.491 e. The molecule has 3 rings (SSSR count). The van der Waals surface area contributed by atoms with E-state index in [4.69, 9.17) is 30.1 Å². The molecule has 0 amide bonds. The van der Waals surface area contributed by atoms with Crippen molar-refractivity contribution in [2.24, 2.45) is 5.73 Å². The Morgan fingerprint density at radius 2 is 2.03 bits per heavy atom. The first kappa shape index (κ1) is 24.2. The molecule has 4 N–H and O–H groups in total. The number of halogens is 2. The summed E-state index contributed by atoms with van der Waals surface area (Å²) in [6.45, 7) is 4.12. The number of esters is 1. The summed E-state index contributed by atoms with van der Waals surface area (Å²) in [5.74, 6) is -1.67. The molecule has 1 fully saturated rings. The summed E-state index contributed by atoms with van der Waals surface area (Å²) in [7, 11) is 0. The van der Waals surface area contributed by atoms with Crippen LogP contribution in [0.4, 0.5) is 15.8 Å². The summed E-state index contributed by atoms with van der Waals surface area (Å²) >= 11 is 0. The van der Waals surface area contributed by atoms with Gasteiger partial charge in [0.25, 0.3) is 0 Å². The molecular formula is C21H25ClFN3O5. The van der Waals surface area contributed by atoms with Crippen LogP contribution in [0.2, 0.25) is 0 Å². The highest BCUT2D eigenvalue weighted by Crippen LogP contribution is 2.45. The number of carbonyl (C=O) groups is 1. The zero-order valence-electron chi connectivity index (χ0n) is 17.2. The molecule has 168 valence electrons. The van der Waals surface area contributed by atoms with Crippen LogP contribution in [0.5, 0.6) is 17.2 Å². The first-order chi connectivity index (χ1) is 14.4. The third-order valence-electron chi connectivity index (χ3n) is 4.34. The second kappa shape index (κ2) is 10.8. The zero-order valence-corrected chi connectivity index (χ0v) is 18.0. The lowest BCUT2D eigenvalue weighted by Crippen LogP contribution is -2.18. The van der Waals surface area contributed by atoms with Gasteiger partial charge in [0.05, 0.1) is 19.8 Å². The van der Waals surface area contributed by atoms with Crippen molar-refractivity contribution < 1.29 is 28.1 Å². The molecule has 2 aromatic rings. The van der Waals surface area contributed by atoms with E-state index in [1.807, 2.05) is 0 Å². The number of ether oxygens (including phenoxy) is 4. The van der Waals surface area contributed by atoms with Crippen LogP contribution in [0.1, 0.15) is 25.8 Å². The van der Waals surface area contributed by atoms with Gasteiger partial charge in [-0.2, -0.15) is 4.39 Å². The molecule has 0 aliphatic carbocycles. The molecule has 1 aliphatic heterocycles. The normalized spacial score (nSPS) is 15.0. The van der Waals surface area contributed by atoms with Crippen LogP contribution in [-0.2, 0) is 9.53 Å². The van der Waals surface area contributed by atoms with Crippen molar-refractivity contribution in [3.05, 3.63) is 41.7 Å². The highest BCUT2D eigenvalue weighted by Gasteiger charge is 2.27. The second-order valence-corrected chi connectivity index (χ2v) is 6.64. The summed E-state index contributed by atoms with van der Waals surface area (Å²) in [5.41, 5.74) is 6.91. The summed E-state index contributed by atoms with van der Waals surface area (Å²) in [5, 5.41) is 10.6. The maximum Gasteiger partial charge on any atom is 0.308 e. The van der Waals surface area contributed by atoms with Crippen molar-refractivity contribution in [1.29, 1.82) is 5.41 Å². The van der Waals surface area contributed by atoms with Gasteiger partial charge in [0.1, 0.15) is 23.4 Å². The Morgan fingerprint density at radius 1 is 1.32 bits per heavy atom. The third-order valence-corrected chi connectivity index (χ3v) is 4.34. The topological polar surface area (TPSA) is 116 Å². The molecule has 0 spiro atoms. The quantitative estimate of drug-likeness (QED) is 0.241. The van der Waals surface area contributed by atoms with Gasteiger partial charge in [-0.25, -0.2) is 0 Å². The van der Waals surface area contributed by atoms with Crippen LogP contribution in [-0.4, -0.2) is 37.7 Å². The Balaban J connectivity index is 0.00000341. The molecule has 31 heavy (non-hydrogen) atoms. The molecule has 0 radical (unpaired) electrons. The van der Waals surface area contributed by atoms with E-state index in [0.29, 0.717) is 37.5 Å². The van der Waals surface area contributed by atoms with Crippen LogP contribution >= 0.6 is 12.4 Å². The first-order valence-corrected chi connectivity index (χ1v) is 9.52. The van der Waals surface area contributed by atoms with Crippen molar-refractivity contribution >= 4 is 35.6 Å². The molecule has 1 saturated heterocycles. The predicted octanol–water partition coefficient (Wildman–Crippen LogP) is 3.77. The molecule has 8 nitrogen and oxygen atoms in total. The van der Waals surface area contributed by atoms with E-state index in [-0.39, 0.29) is 47.3 Å². The summed E-state index contributed by atoms with van der Waals surface area (Å²) in [6.07, 6.45) is 0.260. The molecule has 10 heteroatoms. The summed E-state index contributed by atoms with van der Waals surface area (Å²) < 4.78 is 37.2. The van der Waals surface area contributed by atoms with Crippen LogP contribution < -0.4 is 25.3 Å². The Kier molecular flexibility index (Phi) is 8.47. The van der Waals surface area contributed by atoms with Gasteiger partial charge in [-0.15, -0.1) is 12.4 Å². The van der Waals surface area contributed by atoms with E-state index in [2.05, 4.69) is 5.32 Å². The van der Waals surface area contributed by atoms with Crippen molar-refractivity contribution in [3.8, 4) is 17.2 Å². The fourth-order valence-electron chi connectivity index (χ4n) is 2.97. The average molecular weight is 454 g/mol. The van der Waals surface area contributed by atoms with Crippen LogP contribution in [0.15, 0.2) is 30.3 Å². The standard InChI is InChI=1S/C21H24FN3O5.ClH/c1-3-28-17-10-16(29-12(2)26)18(22)20(30-15-8-9-27-11-15)19(17)25-14-6-4-13(5-7-14)21(23)24;/h4-7,10,15,25H,3,8-9,11H2,1-2H3,(H3,23,24);1H/t15-;/m0./s1. The molecule has 1 atom stereocenters. The summed E-state index contributed by atoms with van der Waals surface area (Å²) in [4.78, 5) is 11.4. The Hall–Kier alpha value is -3.04. The van der Waals surface area contributed by atoms with Gasteiger partial charge in [0.2, 0.25) is 5.82 Å². The number of nitrogen functional groups attached to an aromatic ring is 1. The highest BCUT2D eigenvalue weighted by atomic mass is 35.5. The maximum absolute atomic E-state index is 15.3. The lowest BCUT2D eigenvalue weighted by molar-refractivity contribution is -0.132. The fourth-order valence-corrected chi connectivity index (χ4v) is 2.97. The third kappa shape index (κ3) is 5.99. The number of hydrogen-bond acceptors (Lipinski definition) is 7. The molecule has 0 saturated carbocycles. The van der Waals surface area contributed by atoms with E-state index >= 15 is 4.39 Å². The predicted molar refractivity (Wildman–Crippen MR) is 117 cm³/mol. The molecule has 0 unspecified atom stereocenters. The number of carbonyl (C=O) groups excluding carboxylic acids is 1. The second-order valence-electron chi connectivity index (χ2n) is 6.64. The number of nitrogens with one attached hydrogen (secondary N) is 2. The van der Waals surface area contributed by atoms with E-state index < -0.39 is 11.8 Å². The number of amidine groups is 1. The molecule has 0 bridgehead atoms. The van der Waals surface area contributed by atoms with E-state index in [1.165, 1.54) is 13.0 Å². The molecule has 1 aliphatic rings. The zero-order chi connectivity index (χ0) is 21.7. The number of nitrogens with two attached hydrogens (primary N) is 1. The van der Waals surface area contributed by atoms with E-state index in [0.717, 1.165) is 0 Å². The molecule has 2 aromatic carbocycles. The smallest absolute Gasteiger partial charge is 0.308 e. The first-order valence-electron chi connectivity index (χ1n) is 9.52. The number of benzene rings is 2. The Labute approximate surface area is 185 Å². The van der Waals surface area contributed by atoms with Gasteiger partial charge in [0.15, 0.2) is 11.5 Å². The monoisotopic (exact) mass is 453 g/mol. The lowest BCUT2D eigenvalue weighted by Gasteiger charge is -2.21. The highest BCUT2D eigenvalue weighted by molar-refractivity contribution is 5.95. The fraction of sp³-hybridized carbons (Fsp3) is 0.333. The number of rotatable bonds is 8. The van der Waals surface area contributed by atoms with Crippen molar-refractivity contribution in [2.75, 3.05) is 25.1 Å². The molecular weight excluding hydrogens is 429 g/mol. The van der Waals surface area contributed by atoms with Crippen molar-refractivity contribution in [3.63, 3.8) is 0 Å². The minimum absolute atomic E-state index is 0. The van der Waals surface area contributed by atoms with Gasteiger partial charge in [-0.3, -0.25) is 10.2 Å². The van der Waals surface area contributed by atoms with Crippen LogP contribution in [0.25, 0.3) is 0 Å². The molecule has 1 heterocycles. The molecule has 0 aromatic heterocycles. The Morgan fingerprint density at radius 3 is 2.58 bits per heavy atom. The number of hydrogen-bond donors (Lipinski definition) is 3. The average Bonchev–Trinajstić information content (AvgIpc) is 3.21. The lowest BCUT2D eigenvalue weighted by atomic mass is 10.1. The van der Waals surface area contributed by atoms with E-state index in [1.54, 1.807) is 31.2 Å². The van der Waals surface area contributed by atoms with E-state index in [9.17, 15) is 4.79 Å². The maximum atomic E-state index is 15.3.